The molecule has 0 aromatic carbocycles. The molecule has 0 saturated heterocycles. The maximum absolute atomic E-state index is 11.9. The van der Waals surface area contributed by atoms with Gasteiger partial charge in [-0.1, -0.05) is 13.8 Å². The van der Waals surface area contributed by atoms with Crippen molar-refractivity contribution in [1.29, 1.82) is 0 Å². The lowest BCUT2D eigenvalue weighted by atomic mass is 9.88. The molecule has 0 saturated carbocycles. The predicted molar refractivity (Wildman–Crippen MR) is 72.8 cm³/mol. The Balaban J connectivity index is 2.66. The number of hydrogen-bond acceptors (Lipinski definition) is 4. The first-order valence-corrected chi connectivity index (χ1v) is 6.40. The van der Waals surface area contributed by atoms with Crippen molar-refractivity contribution in [3.63, 3.8) is 0 Å². The largest absolute Gasteiger partial charge is 0.396 e. The summed E-state index contributed by atoms with van der Waals surface area (Å²) < 4.78 is 1.62. The lowest BCUT2D eigenvalue weighted by Gasteiger charge is -2.24. The van der Waals surface area contributed by atoms with Crippen molar-refractivity contribution in [1.82, 2.24) is 9.55 Å². The van der Waals surface area contributed by atoms with Crippen LogP contribution in [-0.2, 0) is 6.54 Å². The number of aliphatic hydroxyl groups excluding tert-OH is 1. The molecule has 0 bridgehead atoms. The first-order chi connectivity index (χ1) is 8.50. The topological polar surface area (TPSA) is 67.2 Å². The molecule has 0 unspecified atom stereocenters. The van der Waals surface area contributed by atoms with Crippen molar-refractivity contribution in [3.8, 4) is 0 Å². The molecule has 1 heterocycles. The van der Waals surface area contributed by atoms with Gasteiger partial charge in [-0.05, 0) is 25.2 Å². The van der Waals surface area contributed by atoms with Crippen molar-refractivity contribution < 1.29 is 5.11 Å². The number of nitrogens with one attached hydrogen (secondary N) is 1. The van der Waals surface area contributed by atoms with Gasteiger partial charge in [0, 0.05) is 32.1 Å². The summed E-state index contributed by atoms with van der Waals surface area (Å²) in [6.07, 6.45) is 5.00. The third-order valence-electron chi connectivity index (χ3n) is 3.00. The monoisotopic (exact) mass is 253 g/mol. The second kappa shape index (κ2) is 6.54. The quantitative estimate of drug-likeness (QED) is 0.772. The zero-order valence-electron chi connectivity index (χ0n) is 11.4. The molecule has 1 aromatic rings. The number of rotatable bonds is 7. The van der Waals surface area contributed by atoms with Gasteiger partial charge in [0.2, 0.25) is 0 Å². The minimum atomic E-state index is -0.0852. The van der Waals surface area contributed by atoms with Crippen molar-refractivity contribution >= 4 is 5.82 Å². The molecule has 5 nitrogen and oxygen atoms in total. The Bertz CT molecular complexity index is 426. The van der Waals surface area contributed by atoms with Gasteiger partial charge in [0.25, 0.3) is 5.56 Å². The van der Waals surface area contributed by atoms with Crippen LogP contribution in [0.25, 0.3) is 0 Å². The predicted octanol–water partition coefficient (Wildman–Crippen LogP) is 1.47. The van der Waals surface area contributed by atoms with Gasteiger partial charge in [0.1, 0.15) is 0 Å². The highest BCUT2D eigenvalue weighted by molar-refractivity contribution is 5.31. The van der Waals surface area contributed by atoms with E-state index in [9.17, 15) is 4.79 Å². The van der Waals surface area contributed by atoms with Gasteiger partial charge in [0.15, 0.2) is 5.82 Å². The van der Waals surface area contributed by atoms with Crippen LogP contribution < -0.4 is 10.9 Å². The average Bonchev–Trinajstić information content (AvgIpc) is 2.35. The van der Waals surface area contributed by atoms with E-state index >= 15 is 0 Å². The Labute approximate surface area is 108 Å². The van der Waals surface area contributed by atoms with E-state index in [4.69, 9.17) is 5.11 Å². The molecular formula is C13H23N3O2. The number of aliphatic hydroxyl groups is 1. The maximum atomic E-state index is 11.9. The van der Waals surface area contributed by atoms with E-state index in [1.807, 2.05) is 6.92 Å². The highest BCUT2D eigenvalue weighted by atomic mass is 16.2. The fraction of sp³-hybridized carbons (Fsp3) is 0.692. The SMILES string of the molecule is CCn1ccnc(NCC(C)(C)CCCO)c1=O. The maximum Gasteiger partial charge on any atom is 0.293 e. The summed E-state index contributed by atoms with van der Waals surface area (Å²) in [6.45, 7) is 7.66. The molecule has 0 spiro atoms. The van der Waals surface area contributed by atoms with Crippen LogP contribution in [0.4, 0.5) is 5.82 Å². The van der Waals surface area contributed by atoms with E-state index < -0.39 is 0 Å². The first-order valence-electron chi connectivity index (χ1n) is 6.40. The number of anilines is 1. The van der Waals surface area contributed by atoms with E-state index in [1.165, 1.54) is 0 Å². The molecule has 0 fully saturated rings. The Morgan fingerprint density at radius 3 is 2.83 bits per heavy atom. The van der Waals surface area contributed by atoms with Crippen LogP contribution in [0.3, 0.4) is 0 Å². The van der Waals surface area contributed by atoms with Crippen molar-refractivity contribution in [2.24, 2.45) is 5.41 Å². The molecule has 0 radical (unpaired) electrons. The van der Waals surface area contributed by atoms with Gasteiger partial charge in [-0.25, -0.2) is 4.98 Å². The Morgan fingerprint density at radius 2 is 2.22 bits per heavy atom. The van der Waals surface area contributed by atoms with E-state index in [1.54, 1.807) is 17.0 Å². The lowest BCUT2D eigenvalue weighted by Crippen LogP contribution is -2.29. The third-order valence-corrected chi connectivity index (χ3v) is 3.00. The molecule has 5 heteroatoms. The molecule has 1 aromatic heterocycles. The molecule has 0 aliphatic carbocycles. The smallest absolute Gasteiger partial charge is 0.293 e. The zero-order chi connectivity index (χ0) is 13.6. The van der Waals surface area contributed by atoms with E-state index in [2.05, 4.69) is 24.1 Å². The van der Waals surface area contributed by atoms with E-state index in [0.717, 1.165) is 12.8 Å². The number of hydrogen-bond donors (Lipinski definition) is 2. The third kappa shape index (κ3) is 4.14. The summed E-state index contributed by atoms with van der Waals surface area (Å²) >= 11 is 0. The summed E-state index contributed by atoms with van der Waals surface area (Å²) in [7, 11) is 0. The van der Waals surface area contributed by atoms with Crippen LogP contribution in [0.1, 0.15) is 33.6 Å². The van der Waals surface area contributed by atoms with Crippen LogP contribution in [0.15, 0.2) is 17.2 Å². The summed E-state index contributed by atoms with van der Waals surface area (Å²) in [5, 5.41) is 12.0. The van der Waals surface area contributed by atoms with Crippen LogP contribution >= 0.6 is 0 Å². The average molecular weight is 253 g/mol. The van der Waals surface area contributed by atoms with Gasteiger partial charge >= 0.3 is 0 Å². The highest BCUT2D eigenvalue weighted by Gasteiger charge is 2.18. The standard InChI is InChI=1S/C13H23N3O2/c1-4-16-8-7-14-11(12(16)18)15-10-13(2,3)6-5-9-17/h7-8,17H,4-6,9-10H2,1-3H3,(H,14,15). The lowest BCUT2D eigenvalue weighted by molar-refractivity contribution is 0.248. The summed E-state index contributed by atoms with van der Waals surface area (Å²) in [6, 6.07) is 0. The minimum absolute atomic E-state index is 0.0315. The first kappa shape index (κ1) is 14.7. The number of aromatic nitrogens is 2. The van der Waals surface area contributed by atoms with Crippen LogP contribution in [0, 0.1) is 5.41 Å². The molecule has 0 atom stereocenters. The van der Waals surface area contributed by atoms with Gasteiger partial charge in [0.05, 0.1) is 0 Å². The number of nitrogens with zero attached hydrogens (tertiary/aromatic N) is 2. The van der Waals surface area contributed by atoms with Gasteiger partial charge in [-0.3, -0.25) is 4.79 Å². The second-order valence-electron chi connectivity index (χ2n) is 5.21. The van der Waals surface area contributed by atoms with E-state index in [-0.39, 0.29) is 17.6 Å². The Kier molecular flexibility index (Phi) is 5.34. The zero-order valence-corrected chi connectivity index (χ0v) is 11.4. The molecule has 1 rings (SSSR count). The molecule has 0 amide bonds. The summed E-state index contributed by atoms with van der Waals surface area (Å²) in [5.74, 6) is 0.399. The highest BCUT2D eigenvalue weighted by Crippen LogP contribution is 2.21. The summed E-state index contributed by atoms with van der Waals surface area (Å²) in [4.78, 5) is 16.0. The molecule has 2 N–H and O–H groups in total. The fourth-order valence-corrected chi connectivity index (χ4v) is 1.79. The van der Waals surface area contributed by atoms with Crippen molar-refractivity contribution in [3.05, 3.63) is 22.7 Å². The molecule has 102 valence electrons. The van der Waals surface area contributed by atoms with Gasteiger partial charge in [-0.2, -0.15) is 0 Å². The molecule has 0 aliphatic heterocycles. The Morgan fingerprint density at radius 1 is 1.50 bits per heavy atom. The molecule has 18 heavy (non-hydrogen) atoms. The normalized spacial score (nSPS) is 11.6. The van der Waals surface area contributed by atoms with Crippen LogP contribution in [0.2, 0.25) is 0 Å². The Hall–Kier alpha value is -1.36. The van der Waals surface area contributed by atoms with E-state index in [0.29, 0.717) is 18.9 Å². The van der Waals surface area contributed by atoms with Gasteiger partial charge in [-0.15, -0.1) is 0 Å². The minimum Gasteiger partial charge on any atom is -0.396 e. The number of aryl methyl sites for hydroxylation is 1. The van der Waals surface area contributed by atoms with Crippen LogP contribution in [-0.4, -0.2) is 27.8 Å². The second-order valence-corrected chi connectivity index (χ2v) is 5.21. The fourth-order valence-electron chi connectivity index (χ4n) is 1.79. The van der Waals surface area contributed by atoms with Crippen LogP contribution in [0.5, 0.6) is 0 Å². The van der Waals surface area contributed by atoms with Crippen molar-refractivity contribution in [2.75, 3.05) is 18.5 Å². The van der Waals surface area contributed by atoms with Gasteiger partial charge < -0.3 is 15.0 Å². The molecular weight excluding hydrogens is 230 g/mol. The van der Waals surface area contributed by atoms with Crippen molar-refractivity contribution in [2.45, 2.75) is 40.2 Å². The summed E-state index contributed by atoms with van der Waals surface area (Å²) in [5.41, 5.74) is -0.0537. The molecule has 0 aliphatic rings.